The predicted octanol–water partition coefficient (Wildman–Crippen LogP) is 2.38. The highest BCUT2D eigenvalue weighted by Gasteiger charge is 2.34. The van der Waals surface area contributed by atoms with E-state index in [0.717, 1.165) is 25.9 Å². The first kappa shape index (κ1) is 19.6. The Morgan fingerprint density at radius 1 is 1.19 bits per heavy atom. The molecule has 1 aromatic rings. The van der Waals surface area contributed by atoms with Crippen LogP contribution in [0.5, 0.6) is 0 Å². The fourth-order valence-electron chi connectivity index (χ4n) is 3.59. The van der Waals surface area contributed by atoms with Crippen LogP contribution in [0.4, 0.5) is 8.78 Å². The van der Waals surface area contributed by atoms with Gasteiger partial charge in [-0.05, 0) is 31.4 Å². The number of sulfone groups is 1. The molecule has 0 aromatic heterocycles. The Balaban J connectivity index is 1.54. The summed E-state index contributed by atoms with van der Waals surface area (Å²) in [6.45, 7) is 1.47. The molecule has 2 aliphatic rings. The van der Waals surface area contributed by atoms with Gasteiger partial charge in [0, 0.05) is 30.1 Å². The van der Waals surface area contributed by atoms with Gasteiger partial charge in [-0.15, -0.1) is 0 Å². The van der Waals surface area contributed by atoms with Gasteiger partial charge < -0.3 is 5.32 Å². The van der Waals surface area contributed by atoms with E-state index >= 15 is 0 Å². The lowest BCUT2D eigenvalue weighted by Gasteiger charge is -2.35. The van der Waals surface area contributed by atoms with Crippen molar-refractivity contribution in [2.45, 2.75) is 42.0 Å². The van der Waals surface area contributed by atoms with Crippen molar-refractivity contribution in [1.82, 2.24) is 10.2 Å². The third-order valence-electron chi connectivity index (χ3n) is 4.94. The van der Waals surface area contributed by atoms with Crippen LogP contribution in [0.2, 0.25) is 0 Å². The number of likely N-dealkylation sites (tertiary alicyclic amines) is 1. The molecule has 0 aliphatic carbocycles. The van der Waals surface area contributed by atoms with Crippen molar-refractivity contribution in [3.05, 3.63) is 29.8 Å². The lowest BCUT2D eigenvalue weighted by atomic mass is 10.0. The topological polar surface area (TPSA) is 66.5 Å². The van der Waals surface area contributed by atoms with Gasteiger partial charge in [-0.25, -0.2) is 8.42 Å². The maximum atomic E-state index is 12.7. The molecule has 2 aliphatic heterocycles. The minimum Gasteiger partial charge on any atom is -0.349 e. The number of nitrogens with one attached hydrogen (secondary N) is 1. The van der Waals surface area contributed by atoms with Gasteiger partial charge in [-0.3, -0.25) is 9.69 Å². The Morgan fingerprint density at radius 2 is 1.88 bits per heavy atom. The number of nitrogens with zero attached hydrogens (tertiary/aromatic N) is 1. The van der Waals surface area contributed by atoms with Crippen LogP contribution in [0.1, 0.15) is 29.6 Å². The van der Waals surface area contributed by atoms with Crippen molar-refractivity contribution >= 4 is 27.5 Å². The molecule has 1 N–H and O–H groups in total. The minimum absolute atomic E-state index is 0.0265. The maximum Gasteiger partial charge on any atom is 0.288 e. The van der Waals surface area contributed by atoms with Crippen LogP contribution in [0.3, 0.4) is 0 Å². The number of rotatable bonds is 5. The van der Waals surface area contributed by atoms with E-state index in [2.05, 4.69) is 10.2 Å². The molecule has 0 unspecified atom stereocenters. The van der Waals surface area contributed by atoms with E-state index < -0.39 is 15.6 Å². The molecule has 1 aromatic carbocycles. The number of piperidine rings is 1. The summed E-state index contributed by atoms with van der Waals surface area (Å²) in [5, 5.41) is 2.93. The average molecular weight is 405 g/mol. The summed E-state index contributed by atoms with van der Waals surface area (Å²) in [6, 6.07) is 6.43. The van der Waals surface area contributed by atoms with Crippen molar-refractivity contribution in [3.8, 4) is 0 Å². The number of thioether (sulfide) groups is 1. The van der Waals surface area contributed by atoms with Crippen molar-refractivity contribution < 1.29 is 22.0 Å². The third-order valence-corrected chi connectivity index (χ3v) is 7.48. The zero-order valence-corrected chi connectivity index (χ0v) is 15.9. The lowest BCUT2D eigenvalue weighted by molar-refractivity contribution is 0.0895. The maximum absolute atomic E-state index is 12.7. The van der Waals surface area contributed by atoms with Crippen LogP contribution in [0.25, 0.3) is 0 Å². The van der Waals surface area contributed by atoms with Crippen molar-refractivity contribution in [2.24, 2.45) is 0 Å². The molecule has 3 rings (SSSR count). The highest BCUT2D eigenvalue weighted by atomic mass is 32.2. The molecule has 0 saturated carbocycles. The monoisotopic (exact) mass is 404 g/mol. The smallest absolute Gasteiger partial charge is 0.288 e. The lowest BCUT2D eigenvalue weighted by Crippen LogP contribution is -2.48. The van der Waals surface area contributed by atoms with Crippen LogP contribution in [-0.2, 0) is 9.84 Å². The Kier molecular flexibility index (Phi) is 6.19. The standard InChI is InChI=1S/C17H22F2N2O3S2/c18-17(19)25-15-4-2-1-3-14(15)16(22)20-12-5-8-21(9-6-12)13-7-10-26(23,24)11-13/h1-4,12-13,17H,5-11H2,(H,20,22)/t13-/m0/s1. The molecule has 2 fully saturated rings. The molecule has 0 bridgehead atoms. The molecule has 9 heteroatoms. The summed E-state index contributed by atoms with van der Waals surface area (Å²) in [5.41, 5.74) is 0.266. The second-order valence-electron chi connectivity index (χ2n) is 6.72. The third kappa shape index (κ3) is 4.95. The van der Waals surface area contributed by atoms with E-state index in [1.807, 2.05) is 0 Å². The molecule has 1 amide bonds. The molecular formula is C17H22F2N2O3S2. The number of halogens is 2. The summed E-state index contributed by atoms with van der Waals surface area (Å²) >= 11 is 0.373. The number of hydrogen-bond acceptors (Lipinski definition) is 5. The largest absolute Gasteiger partial charge is 0.349 e. The van der Waals surface area contributed by atoms with Gasteiger partial charge in [0.15, 0.2) is 9.84 Å². The van der Waals surface area contributed by atoms with Gasteiger partial charge in [0.05, 0.1) is 17.1 Å². The van der Waals surface area contributed by atoms with Crippen LogP contribution < -0.4 is 5.32 Å². The molecule has 0 radical (unpaired) electrons. The first-order chi connectivity index (χ1) is 12.3. The van der Waals surface area contributed by atoms with E-state index in [1.165, 1.54) is 6.07 Å². The van der Waals surface area contributed by atoms with Crippen LogP contribution in [0.15, 0.2) is 29.2 Å². The highest BCUT2D eigenvalue weighted by Crippen LogP contribution is 2.28. The number of benzene rings is 1. The fraction of sp³-hybridized carbons (Fsp3) is 0.588. The Hall–Kier alpha value is -1.19. The normalized spacial score (nSPS) is 24.0. The second kappa shape index (κ2) is 8.22. The summed E-state index contributed by atoms with van der Waals surface area (Å²) in [4.78, 5) is 14.9. The minimum atomic E-state index is -2.90. The van der Waals surface area contributed by atoms with Gasteiger partial charge in [0.25, 0.3) is 11.7 Å². The Morgan fingerprint density at radius 3 is 2.50 bits per heavy atom. The van der Waals surface area contributed by atoms with Gasteiger partial charge >= 0.3 is 0 Å². The number of carbonyl (C=O) groups is 1. The number of carbonyl (C=O) groups excluding carboxylic acids is 1. The molecular weight excluding hydrogens is 382 g/mol. The molecule has 5 nitrogen and oxygen atoms in total. The van der Waals surface area contributed by atoms with E-state index in [9.17, 15) is 22.0 Å². The zero-order valence-electron chi connectivity index (χ0n) is 14.2. The number of hydrogen-bond donors (Lipinski definition) is 1. The van der Waals surface area contributed by atoms with Crippen molar-refractivity contribution in [2.75, 3.05) is 24.6 Å². The molecule has 2 heterocycles. The number of alkyl halides is 2. The van der Waals surface area contributed by atoms with E-state index in [1.54, 1.807) is 18.2 Å². The van der Waals surface area contributed by atoms with Gasteiger partial charge in [0.2, 0.25) is 0 Å². The van der Waals surface area contributed by atoms with E-state index in [4.69, 9.17) is 0 Å². The fourth-order valence-corrected chi connectivity index (χ4v) is 5.99. The zero-order chi connectivity index (χ0) is 18.7. The van der Waals surface area contributed by atoms with E-state index in [-0.39, 0.29) is 40.0 Å². The summed E-state index contributed by atoms with van der Waals surface area (Å²) < 4.78 is 48.5. The average Bonchev–Trinajstić information content (AvgIpc) is 2.95. The van der Waals surface area contributed by atoms with Gasteiger partial charge in [-0.2, -0.15) is 8.78 Å². The molecule has 26 heavy (non-hydrogen) atoms. The molecule has 1 atom stereocenters. The number of amides is 1. The summed E-state index contributed by atoms with van der Waals surface area (Å²) in [6.07, 6.45) is 2.14. The first-order valence-corrected chi connectivity index (χ1v) is 11.3. The summed E-state index contributed by atoms with van der Waals surface area (Å²) in [7, 11) is -2.90. The quantitative estimate of drug-likeness (QED) is 0.764. The Bertz CT molecular complexity index is 750. The van der Waals surface area contributed by atoms with Crippen LogP contribution in [-0.4, -0.2) is 61.7 Å². The highest BCUT2D eigenvalue weighted by molar-refractivity contribution is 7.99. The summed E-state index contributed by atoms with van der Waals surface area (Å²) in [5.74, 6) is -2.43. The van der Waals surface area contributed by atoms with Gasteiger partial charge in [0.1, 0.15) is 0 Å². The molecule has 0 spiro atoms. The van der Waals surface area contributed by atoms with Crippen LogP contribution in [0, 0.1) is 0 Å². The Labute approximate surface area is 156 Å². The molecule has 144 valence electrons. The van der Waals surface area contributed by atoms with Crippen molar-refractivity contribution in [1.29, 1.82) is 0 Å². The van der Waals surface area contributed by atoms with Gasteiger partial charge in [-0.1, -0.05) is 23.9 Å². The van der Waals surface area contributed by atoms with E-state index in [0.29, 0.717) is 18.2 Å². The van der Waals surface area contributed by atoms with Crippen molar-refractivity contribution in [3.63, 3.8) is 0 Å². The predicted molar refractivity (Wildman–Crippen MR) is 97.4 cm³/mol. The second-order valence-corrected chi connectivity index (χ2v) is 9.98. The molecule has 2 saturated heterocycles. The van der Waals surface area contributed by atoms with Crippen LogP contribution >= 0.6 is 11.8 Å². The first-order valence-electron chi connectivity index (χ1n) is 8.63. The SMILES string of the molecule is O=C(NC1CCN([C@H]2CCS(=O)(=O)C2)CC1)c1ccccc1SC(F)F.